The first-order chi connectivity index (χ1) is 8.77. The van der Waals surface area contributed by atoms with E-state index < -0.39 is 29.3 Å². The zero-order chi connectivity index (χ0) is 12.8. The van der Waals surface area contributed by atoms with E-state index in [2.05, 4.69) is 72.1 Å². The van der Waals surface area contributed by atoms with Gasteiger partial charge in [0.15, 0.2) is 0 Å². The molecule has 0 saturated carbocycles. The summed E-state index contributed by atoms with van der Waals surface area (Å²) < 4.78 is 3.25. The van der Waals surface area contributed by atoms with Gasteiger partial charge in [0, 0.05) is 0 Å². The van der Waals surface area contributed by atoms with E-state index in [9.17, 15) is 0 Å². The van der Waals surface area contributed by atoms with E-state index >= 15 is 0 Å². The molecule has 0 aliphatic heterocycles. The van der Waals surface area contributed by atoms with Crippen LogP contribution in [0.5, 0.6) is 0 Å². The first-order valence-electron chi connectivity index (χ1n) is 6.30. The predicted molar refractivity (Wildman–Crippen MR) is 85.0 cm³/mol. The van der Waals surface area contributed by atoms with Gasteiger partial charge in [-0.15, -0.1) is 0 Å². The van der Waals surface area contributed by atoms with Crippen molar-refractivity contribution in [2.75, 3.05) is 0 Å². The van der Waals surface area contributed by atoms with Crippen LogP contribution in [-0.4, -0.2) is 29.3 Å². The Bertz CT molecular complexity index is 408. The predicted octanol–water partition coefficient (Wildman–Crippen LogP) is 3.05. The van der Waals surface area contributed by atoms with Crippen LogP contribution in [-0.2, 0) is 0 Å². The van der Waals surface area contributed by atoms with Crippen LogP contribution in [0.3, 0.4) is 0 Å². The van der Waals surface area contributed by atoms with Crippen LogP contribution in [0.15, 0.2) is 60.7 Å². The van der Waals surface area contributed by atoms with Crippen LogP contribution < -0.4 is 8.70 Å². The first kappa shape index (κ1) is 14.0. The average Bonchev–Trinajstić information content (AvgIpc) is 2.46. The van der Waals surface area contributed by atoms with Gasteiger partial charge >= 0.3 is 121 Å². The second kappa shape index (κ2) is 7.22. The van der Waals surface area contributed by atoms with Gasteiger partial charge in [0.1, 0.15) is 0 Å². The summed E-state index contributed by atoms with van der Waals surface area (Å²) in [5.41, 5.74) is 4.99. The van der Waals surface area contributed by atoms with Gasteiger partial charge in [-0.1, -0.05) is 0 Å². The summed E-state index contributed by atoms with van der Waals surface area (Å²) in [6, 6.07) is 22.2. The SMILES string of the molecule is C[As](CC[As](C)c1ccccc1)c1ccccc1. The van der Waals surface area contributed by atoms with Crippen LogP contribution in [0.25, 0.3) is 0 Å². The molecule has 0 amide bonds. The Hall–Kier alpha value is -0.443. The Balaban J connectivity index is 1.89. The monoisotopic (exact) mass is 362 g/mol. The molecule has 0 N–H and O–H groups in total. The van der Waals surface area contributed by atoms with Crippen molar-refractivity contribution >= 4 is 38.0 Å². The summed E-state index contributed by atoms with van der Waals surface area (Å²) in [6.07, 6.45) is 0. The molecule has 2 aromatic rings. The fraction of sp³-hybridized carbons (Fsp3) is 0.250. The van der Waals surface area contributed by atoms with Crippen molar-refractivity contribution in [2.24, 2.45) is 0 Å². The maximum atomic E-state index is 2.50. The molecule has 0 saturated heterocycles. The van der Waals surface area contributed by atoms with Gasteiger partial charge in [0.25, 0.3) is 0 Å². The van der Waals surface area contributed by atoms with Gasteiger partial charge in [0.05, 0.1) is 0 Å². The van der Waals surface area contributed by atoms with E-state index in [1.54, 1.807) is 8.70 Å². The van der Waals surface area contributed by atoms with E-state index in [1.165, 1.54) is 10.4 Å². The third kappa shape index (κ3) is 4.04. The Morgan fingerprint density at radius 1 is 0.611 bits per heavy atom. The van der Waals surface area contributed by atoms with Crippen LogP contribution >= 0.6 is 0 Å². The zero-order valence-corrected chi connectivity index (χ0v) is 14.8. The minimum absolute atomic E-state index is 0.773. The molecule has 0 radical (unpaired) electrons. The van der Waals surface area contributed by atoms with Crippen molar-refractivity contribution in [2.45, 2.75) is 21.8 Å². The van der Waals surface area contributed by atoms with Crippen LogP contribution in [0, 0.1) is 0 Å². The van der Waals surface area contributed by atoms with E-state index in [0.29, 0.717) is 0 Å². The molecule has 0 spiro atoms. The van der Waals surface area contributed by atoms with Crippen molar-refractivity contribution < 1.29 is 0 Å². The maximum absolute atomic E-state index is 2.50. The third-order valence-electron chi connectivity index (χ3n) is 3.16. The molecule has 0 bridgehead atoms. The van der Waals surface area contributed by atoms with Crippen LogP contribution in [0.2, 0.25) is 21.8 Å². The van der Waals surface area contributed by atoms with Gasteiger partial charge in [-0.05, 0) is 0 Å². The zero-order valence-electron chi connectivity index (χ0n) is 11.1. The number of benzene rings is 2. The molecule has 94 valence electrons. The molecule has 0 heterocycles. The van der Waals surface area contributed by atoms with E-state index in [-0.39, 0.29) is 0 Å². The average molecular weight is 362 g/mol. The summed E-state index contributed by atoms with van der Waals surface area (Å²) >= 11 is -1.55. The van der Waals surface area contributed by atoms with Crippen LogP contribution in [0.4, 0.5) is 0 Å². The number of hydrogen-bond acceptors (Lipinski definition) is 0. The summed E-state index contributed by atoms with van der Waals surface area (Å²) in [5, 5.41) is 2.92. The van der Waals surface area contributed by atoms with Gasteiger partial charge in [0.2, 0.25) is 0 Å². The molecule has 0 aliphatic carbocycles. The van der Waals surface area contributed by atoms with Gasteiger partial charge in [-0.3, -0.25) is 0 Å². The molecule has 2 rings (SSSR count). The third-order valence-corrected chi connectivity index (χ3v) is 13.5. The molecule has 0 aromatic heterocycles. The molecule has 0 aliphatic rings. The van der Waals surface area contributed by atoms with Crippen molar-refractivity contribution in [3.05, 3.63) is 60.7 Å². The standard InChI is InChI=1S/C16H20As2/c1-17(15-9-5-3-6-10-15)13-14-18(2)16-11-7-4-8-12-16/h3-12H,13-14H2,1-2H3. The second-order valence-electron chi connectivity index (χ2n) is 4.51. The minimum atomic E-state index is -0.773. The first-order valence-corrected chi connectivity index (χ1v) is 14.6. The van der Waals surface area contributed by atoms with E-state index in [1.807, 2.05) is 0 Å². The quantitative estimate of drug-likeness (QED) is 0.718. The number of hydrogen-bond donors (Lipinski definition) is 0. The normalized spacial score (nSPS) is 14.1. The molecule has 0 fully saturated rings. The molecule has 18 heavy (non-hydrogen) atoms. The molecular formula is C16H20As2. The summed E-state index contributed by atoms with van der Waals surface area (Å²) in [5.74, 6) is 0. The van der Waals surface area contributed by atoms with Gasteiger partial charge in [-0.25, -0.2) is 0 Å². The van der Waals surface area contributed by atoms with Crippen molar-refractivity contribution in [3.8, 4) is 0 Å². The molecule has 2 unspecified atom stereocenters. The molecule has 2 heteroatoms. The summed E-state index contributed by atoms with van der Waals surface area (Å²) in [7, 11) is 0. The van der Waals surface area contributed by atoms with Crippen molar-refractivity contribution in [3.63, 3.8) is 0 Å². The van der Waals surface area contributed by atoms with Crippen LogP contribution in [0.1, 0.15) is 0 Å². The molecule has 2 aromatic carbocycles. The molecule has 2 atom stereocenters. The molecule has 0 nitrogen and oxygen atoms in total. The van der Waals surface area contributed by atoms with Gasteiger partial charge < -0.3 is 0 Å². The van der Waals surface area contributed by atoms with E-state index in [4.69, 9.17) is 0 Å². The second-order valence-corrected chi connectivity index (χ2v) is 14.4. The van der Waals surface area contributed by atoms with Gasteiger partial charge in [-0.2, -0.15) is 0 Å². The summed E-state index contributed by atoms with van der Waals surface area (Å²) in [6.45, 7) is 0. The van der Waals surface area contributed by atoms with Crippen molar-refractivity contribution in [1.82, 2.24) is 0 Å². The number of rotatable bonds is 5. The topological polar surface area (TPSA) is 0 Å². The fourth-order valence-electron chi connectivity index (χ4n) is 1.92. The summed E-state index contributed by atoms with van der Waals surface area (Å²) in [4.78, 5) is 0. The Labute approximate surface area is 120 Å². The fourth-order valence-corrected chi connectivity index (χ4v) is 13.7. The van der Waals surface area contributed by atoms with Crippen molar-refractivity contribution in [1.29, 1.82) is 0 Å². The Morgan fingerprint density at radius 2 is 0.944 bits per heavy atom. The Morgan fingerprint density at radius 3 is 1.28 bits per heavy atom. The molecular weight excluding hydrogens is 342 g/mol. The Kier molecular flexibility index (Phi) is 5.61. The van der Waals surface area contributed by atoms with E-state index in [0.717, 1.165) is 0 Å².